The van der Waals surface area contributed by atoms with Gasteiger partial charge in [-0.05, 0) is 62.8 Å². The SMILES string of the molecule is CCC1CCCCN1c1nc(C(=O)Nc2ccc(C(=O)O)cc2)cc(N2CCCC2)n1. The van der Waals surface area contributed by atoms with Crippen molar-refractivity contribution in [3.63, 3.8) is 0 Å². The van der Waals surface area contributed by atoms with E-state index in [-0.39, 0.29) is 11.5 Å². The van der Waals surface area contributed by atoms with Gasteiger partial charge in [-0.25, -0.2) is 9.78 Å². The van der Waals surface area contributed by atoms with Crippen molar-refractivity contribution in [3.8, 4) is 0 Å². The lowest BCUT2D eigenvalue weighted by Crippen LogP contribution is -2.40. The second kappa shape index (κ2) is 9.32. The van der Waals surface area contributed by atoms with E-state index < -0.39 is 5.97 Å². The topological polar surface area (TPSA) is 98.7 Å². The molecule has 1 unspecified atom stereocenters. The summed E-state index contributed by atoms with van der Waals surface area (Å²) in [4.78, 5) is 38.0. The molecule has 2 aliphatic rings. The number of anilines is 3. The summed E-state index contributed by atoms with van der Waals surface area (Å²) >= 11 is 0. The van der Waals surface area contributed by atoms with Gasteiger partial charge in [-0.3, -0.25) is 4.79 Å². The summed E-state index contributed by atoms with van der Waals surface area (Å²) < 4.78 is 0. The summed E-state index contributed by atoms with van der Waals surface area (Å²) in [5, 5.41) is 11.9. The Morgan fingerprint density at radius 1 is 1.06 bits per heavy atom. The first kappa shape index (κ1) is 21.1. The van der Waals surface area contributed by atoms with Crippen LogP contribution in [0.4, 0.5) is 17.5 Å². The number of amides is 1. The van der Waals surface area contributed by atoms with Crippen LogP contribution in [0.25, 0.3) is 0 Å². The fourth-order valence-corrected chi connectivity index (χ4v) is 4.35. The Morgan fingerprint density at radius 3 is 2.45 bits per heavy atom. The molecule has 1 aromatic carbocycles. The quantitative estimate of drug-likeness (QED) is 0.729. The minimum atomic E-state index is -0.999. The van der Waals surface area contributed by atoms with Crippen LogP contribution in [0.3, 0.4) is 0 Å². The number of aromatic carboxylic acids is 1. The van der Waals surface area contributed by atoms with Crippen LogP contribution >= 0.6 is 0 Å². The molecule has 2 aliphatic heterocycles. The predicted octanol–water partition coefficient (Wildman–Crippen LogP) is 3.80. The zero-order valence-corrected chi connectivity index (χ0v) is 17.9. The minimum Gasteiger partial charge on any atom is -0.478 e. The molecule has 8 nitrogen and oxygen atoms in total. The van der Waals surface area contributed by atoms with Gasteiger partial charge in [0.05, 0.1) is 5.56 Å². The number of hydrogen-bond acceptors (Lipinski definition) is 6. The molecular weight excluding hydrogens is 394 g/mol. The highest BCUT2D eigenvalue weighted by atomic mass is 16.4. The molecule has 0 radical (unpaired) electrons. The lowest BCUT2D eigenvalue weighted by molar-refractivity contribution is 0.0696. The molecule has 0 spiro atoms. The van der Waals surface area contributed by atoms with Crippen molar-refractivity contribution in [1.29, 1.82) is 0 Å². The summed E-state index contributed by atoms with van der Waals surface area (Å²) in [6, 6.07) is 8.27. The van der Waals surface area contributed by atoms with Gasteiger partial charge in [0.25, 0.3) is 5.91 Å². The van der Waals surface area contributed by atoms with Crippen molar-refractivity contribution in [2.45, 2.75) is 51.5 Å². The van der Waals surface area contributed by atoms with Gasteiger partial charge in [-0.1, -0.05) is 6.92 Å². The molecule has 8 heteroatoms. The molecule has 2 fully saturated rings. The first-order valence-corrected chi connectivity index (χ1v) is 11.1. The van der Waals surface area contributed by atoms with E-state index in [4.69, 9.17) is 10.1 Å². The Balaban J connectivity index is 1.62. The fourth-order valence-electron chi connectivity index (χ4n) is 4.35. The summed E-state index contributed by atoms with van der Waals surface area (Å²) in [6.07, 6.45) is 6.70. The maximum absolute atomic E-state index is 13.0. The fraction of sp³-hybridized carbons (Fsp3) is 0.478. The number of carboxylic acid groups (broad SMARTS) is 1. The average Bonchev–Trinajstić information content (AvgIpc) is 3.34. The van der Waals surface area contributed by atoms with Crippen LogP contribution in [-0.2, 0) is 0 Å². The number of nitrogens with one attached hydrogen (secondary N) is 1. The molecule has 2 aromatic rings. The minimum absolute atomic E-state index is 0.175. The number of carbonyl (C=O) groups excluding carboxylic acids is 1. The van der Waals surface area contributed by atoms with Gasteiger partial charge >= 0.3 is 5.97 Å². The Morgan fingerprint density at radius 2 is 1.77 bits per heavy atom. The van der Waals surface area contributed by atoms with E-state index in [9.17, 15) is 9.59 Å². The molecule has 2 N–H and O–H groups in total. The predicted molar refractivity (Wildman–Crippen MR) is 120 cm³/mol. The van der Waals surface area contributed by atoms with Gasteiger partial charge in [0.1, 0.15) is 11.5 Å². The van der Waals surface area contributed by atoms with Gasteiger partial charge in [0.15, 0.2) is 0 Å². The van der Waals surface area contributed by atoms with Gasteiger partial charge in [0.2, 0.25) is 5.95 Å². The summed E-state index contributed by atoms with van der Waals surface area (Å²) in [6.45, 7) is 4.96. The number of aromatic nitrogens is 2. The van der Waals surface area contributed by atoms with Crippen LogP contribution in [0.15, 0.2) is 30.3 Å². The monoisotopic (exact) mass is 423 g/mol. The van der Waals surface area contributed by atoms with E-state index in [1.165, 1.54) is 18.6 Å². The maximum atomic E-state index is 13.0. The van der Waals surface area contributed by atoms with Crippen LogP contribution in [0.5, 0.6) is 0 Å². The lowest BCUT2D eigenvalue weighted by atomic mass is 10.0. The Labute approximate surface area is 182 Å². The molecule has 164 valence electrons. The number of carboxylic acids is 1. The highest BCUT2D eigenvalue weighted by molar-refractivity contribution is 6.03. The molecule has 2 saturated heterocycles. The Bertz CT molecular complexity index is 941. The first-order chi connectivity index (χ1) is 15.0. The highest BCUT2D eigenvalue weighted by Crippen LogP contribution is 2.27. The third-order valence-electron chi connectivity index (χ3n) is 6.11. The number of benzene rings is 1. The number of hydrogen-bond donors (Lipinski definition) is 2. The van der Waals surface area contributed by atoms with E-state index in [1.54, 1.807) is 18.2 Å². The normalized spacial score (nSPS) is 18.8. The molecular formula is C23H29N5O3. The van der Waals surface area contributed by atoms with Crippen LogP contribution in [-0.4, -0.2) is 52.6 Å². The number of carbonyl (C=O) groups is 2. The Hall–Kier alpha value is -3.16. The third kappa shape index (κ3) is 4.78. The van der Waals surface area contributed by atoms with E-state index in [0.717, 1.165) is 57.6 Å². The summed E-state index contributed by atoms with van der Waals surface area (Å²) in [7, 11) is 0. The molecule has 4 rings (SSSR count). The highest BCUT2D eigenvalue weighted by Gasteiger charge is 2.26. The zero-order chi connectivity index (χ0) is 21.8. The van der Waals surface area contributed by atoms with E-state index >= 15 is 0 Å². The smallest absolute Gasteiger partial charge is 0.335 e. The summed E-state index contributed by atoms with van der Waals surface area (Å²) in [5.41, 5.74) is 1.03. The van der Waals surface area contributed by atoms with Crippen molar-refractivity contribution >= 4 is 29.3 Å². The van der Waals surface area contributed by atoms with Gasteiger partial charge in [-0.15, -0.1) is 0 Å². The van der Waals surface area contributed by atoms with Crippen LogP contribution < -0.4 is 15.1 Å². The molecule has 1 amide bonds. The van der Waals surface area contributed by atoms with Crippen molar-refractivity contribution in [2.24, 2.45) is 0 Å². The molecule has 1 aromatic heterocycles. The zero-order valence-electron chi connectivity index (χ0n) is 17.9. The standard InChI is InChI=1S/C23H29N5O3/c1-2-18-7-3-4-14-28(18)23-25-19(15-20(26-23)27-12-5-6-13-27)21(29)24-17-10-8-16(9-11-17)22(30)31/h8-11,15,18H,2-7,12-14H2,1H3,(H,24,29)(H,30,31). The number of nitrogens with zero attached hydrogens (tertiary/aromatic N) is 4. The Kier molecular flexibility index (Phi) is 6.34. The van der Waals surface area contributed by atoms with Crippen LogP contribution in [0, 0.1) is 0 Å². The van der Waals surface area contributed by atoms with Crippen molar-refractivity contribution in [1.82, 2.24) is 9.97 Å². The second-order valence-corrected chi connectivity index (χ2v) is 8.19. The van der Waals surface area contributed by atoms with Crippen LogP contribution in [0.2, 0.25) is 0 Å². The van der Waals surface area contributed by atoms with Gasteiger partial charge in [-0.2, -0.15) is 4.98 Å². The second-order valence-electron chi connectivity index (χ2n) is 8.19. The lowest BCUT2D eigenvalue weighted by Gasteiger charge is -2.35. The number of rotatable bonds is 6. The van der Waals surface area contributed by atoms with E-state index in [2.05, 4.69) is 27.0 Å². The van der Waals surface area contributed by atoms with Crippen molar-refractivity contribution in [2.75, 3.05) is 34.8 Å². The average molecular weight is 424 g/mol. The largest absolute Gasteiger partial charge is 0.478 e. The number of piperidine rings is 1. The maximum Gasteiger partial charge on any atom is 0.335 e. The van der Waals surface area contributed by atoms with Crippen LogP contribution in [0.1, 0.15) is 66.3 Å². The van der Waals surface area contributed by atoms with Gasteiger partial charge in [0, 0.05) is 37.4 Å². The molecule has 1 atom stereocenters. The van der Waals surface area contributed by atoms with E-state index in [0.29, 0.717) is 23.4 Å². The molecule has 0 saturated carbocycles. The molecule has 0 bridgehead atoms. The van der Waals surface area contributed by atoms with Crippen molar-refractivity contribution in [3.05, 3.63) is 41.6 Å². The third-order valence-corrected chi connectivity index (χ3v) is 6.11. The van der Waals surface area contributed by atoms with Gasteiger partial charge < -0.3 is 20.2 Å². The molecule has 0 aliphatic carbocycles. The summed E-state index contributed by atoms with van der Waals surface area (Å²) in [5.74, 6) is 0.106. The molecule has 3 heterocycles. The first-order valence-electron chi connectivity index (χ1n) is 11.1. The molecule has 31 heavy (non-hydrogen) atoms. The van der Waals surface area contributed by atoms with Crippen molar-refractivity contribution < 1.29 is 14.7 Å². The van der Waals surface area contributed by atoms with E-state index in [1.807, 2.05) is 0 Å².